The highest BCUT2D eigenvalue weighted by molar-refractivity contribution is 9.10. The molecule has 1 aromatic carbocycles. The van der Waals surface area contributed by atoms with Crippen LogP contribution in [0.2, 0.25) is 0 Å². The average molecular weight is 329 g/mol. The number of aliphatic carboxylic acids is 1. The van der Waals surface area contributed by atoms with Gasteiger partial charge in [-0.1, -0.05) is 28.1 Å². The molecule has 0 saturated carbocycles. The Labute approximate surface area is 118 Å². The van der Waals surface area contributed by atoms with E-state index in [1.807, 2.05) is 0 Å². The van der Waals surface area contributed by atoms with E-state index >= 15 is 0 Å². The number of carbonyl (C=O) groups is 3. The first-order chi connectivity index (χ1) is 8.88. The number of nitrogens with two attached hydrogens (primary N) is 1. The first kappa shape index (κ1) is 15.2. The molecular weight excluding hydrogens is 316 g/mol. The minimum Gasteiger partial charge on any atom is -0.480 e. The van der Waals surface area contributed by atoms with Crippen molar-refractivity contribution < 1.29 is 19.5 Å². The van der Waals surface area contributed by atoms with Crippen molar-refractivity contribution in [1.82, 2.24) is 4.90 Å². The number of hydrogen-bond donors (Lipinski definition) is 2. The summed E-state index contributed by atoms with van der Waals surface area (Å²) in [5, 5.41) is 8.70. The molecule has 1 aromatic rings. The number of carbonyl (C=O) groups excluding carboxylic acids is 2. The van der Waals surface area contributed by atoms with E-state index in [4.69, 9.17) is 10.8 Å². The molecule has 0 heterocycles. The highest BCUT2D eigenvalue weighted by atomic mass is 79.9. The molecule has 0 atom stereocenters. The van der Waals surface area contributed by atoms with Gasteiger partial charge < -0.3 is 15.7 Å². The number of rotatable bonds is 6. The molecule has 102 valence electrons. The summed E-state index contributed by atoms with van der Waals surface area (Å²) in [4.78, 5) is 34.3. The van der Waals surface area contributed by atoms with Crippen molar-refractivity contribution in [2.75, 3.05) is 13.1 Å². The standard InChI is InChI=1S/C12H13BrN2O4/c13-9-3-1-8(2-4-9)5-11(17)15(6-10(14)16)7-12(18)19/h1-4H,5-7H2,(H2,14,16)(H,18,19). The van der Waals surface area contributed by atoms with Crippen LogP contribution in [0.1, 0.15) is 5.56 Å². The van der Waals surface area contributed by atoms with E-state index < -0.39 is 30.9 Å². The number of benzene rings is 1. The van der Waals surface area contributed by atoms with Crippen molar-refractivity contribution in [1.29, 1.82) is 0 Å². The minimum absolute atomic E-state index is 0.0217. The van der Waals surface area contributed by atoms with Crippen LogP contribution in [0.25, 0.3) is 0 Å². The molecule has 7 heteroatoms. The van der Waals surface area contributed by atoms with E-state index in [1.54, 1.807) is 24.3 Å². The molecule has 0 aliphatic rings. The summed E-state index contributed by atoms with van der Waals surface area (Å²) in [7, 11) is 0. The summed E-state index contributed by atoms with van der Waals surface area (Å²) in [5.41, 5.74) is 5.72. The summed E-state index contributed by atoms with van der Waals surface area (Å²) < 4.78 is 0.878. The zero-order chi connectivity index (χ0) is 14.4. The van der Waals surface area contributed by atoms with Gasteiger partial charge in [-0.3, -0.25) is 14.4 Å². The molecule has 0 spiro atoms. The lowest BCUT2D eigenvalue weighted by molar-refractivity contribution is -0.145. The number of nitrogens with zero attached hydrogens (tertiary/aromatic N) is 1. The number of hydrogen-bond acceptors (Lipinski definition) is 3. The highest BCUT2D eigenvalue weighted by Crippen LogP contribution is 2.11. The first-order valence-electron chi connectivity index (χ1n) is 5.41. The van der Waals surface area contributed by atoms with E-state index in [9.17, 15) is 14.4 Å². The number of carboxylic acid groups (broad SMARTS) is 1. The maximum absolute atomic E-state index is 11.9. The summed E-state index contributed by atoms with van der Waals surface area (Å²) in [6.45, 7) is -0.944. The smallest absolute Gasteiger partial charge is 0.323 e. The summed E-state index contributed by atoms with van der Waals surface area (Å²) in [6, 6.07) is 7.03. The SMILES string of the molecule is NC(=O)CN(CC(=O)O)C(=O)Cc1ccc(Br)cc1. The second kappa shape index (κ2) is 6.89. The van der Waals surface area contributed by atoms with Gasteiger partial charge >= 0.3 is 5.97 Å². The highest BCUT2D eigenvalue weighted by Gasteiger charge is 2.18. The lowest BCUT2D eigenvalue weighted by Crippen LogP contribution is -2.42. The number of halogens is 1. The molecule has 0 saturated heterocycles. The van der Waals surface area contributed by atoms with Gasteiger partial charge in [0.15, 0.2) is 0 Å². The maximum Gasteiger partial charge on any atom is 0.323 e. The minimum atomic E-state index is -1.19. The van der Waals surface area contributed by atoms with Crippen LogP contribution in [0.3, 0.4) is 0 Å². The zero-order valence-electron chi connectivity index (χ0n) is 10.0. The summed E-state index contributed by atoms with van der Waals surface area (Å²) in [6.07, 6.45) is 0.0217. The Morgan fingerprint density at radius 3 is 2.21 bits per heavy atom. The summed E-state index contributed by atoms with van der Waals surface area (Å²) in [5.74, 6) is -2.39. The van der Waals surface area contributed by atoms with Crippen LogP contribution >= 0.6 is 15.9 Å². The number of carboxylic acids is 1. The maximum atomic E-state index is 11.9. The lowest BCUT2D eigenvalue weighted by Gasteiger charge is -2.18. The normalized spacial score (nSPS) is 9.95. The Morgan fingerprint density at radius 2 is 1.74 bits per heavy atom. The van der Waals surface area contributed by atoms with E-state index in [0.717, 1.165) is 14.9 Å². The Kier molecular flexibility index (Phi) is 5.50. The molecule has 0 unspecified atom stereocenters. The fourth-order valence-electron chi connectivity index (χ4n) is 1.47. The Balaban J connectivity index is 2.73. The molecule has 0 bridgehead atoms. The van der Waals surface area contributed by atoms with Crippen LogP contribution in [0.15, 0.2) is 28.7 Å². The van der Waals surface area contributed by atoms with Crippen LogP contribution in [0, 0.1) is 0 Å². The van der Waals surface area contributed by atoms with Crippen LogP contribution in [0.4, 0.5) is 0 Å². The van der Waals surface area contributed by atoms with Crippen LogP contribution in [-0.2, 0) is 20.8 Å². The fourth-order valence-corrected chi connectivity index (χ4v) is 1.74. The largest absolute Gasteiger partial charge is 0.480 e. The predicted molar refractivity (Wildman–Crippen MR) is 71.3 cm³/mol. The van der Waals surface area contributed by atoms with E-state index in [2.05, 4.69) is 15.9 Å². The van der Waals surface area contributed by atoms with Gasteiger partial charge in [0.05, 0.1) is 13.0 Å². The number of amides is 2. The Hall–Kier alpha value is -1.89. The van der Waals surface area contributed by atoms with Gasteiger partial charge in [-0.25, -0.2) is 0 Å². The fraction of sp³-hybridized carbons (Fsp3) is 0.250. The second-order valence-electron chi connectivity index (χ2n) is 3.91. The van der Waals surface area contributed by atoms with Gasteiger partial charge in [0.1, 0.15) is 6.54 Å². The van der Waals surface area contributed by atoms with Gasteiger partial charge in [-0.15, -0.1) is 0 Å². The van der Waals surface area contributed by atoms with E-state index in [-0.39, 0.29) is 6.42 Å². The van der Waals surface area contributed by atoms with E-state index in [0.29, 0.717) is 0 Å². The molecule has 3 N–H and O–H groups in total. The topological polar surface area (TPSA) is 101 Å². The van der Waals surface area contributed by atoms with Crippen LogP contribution < -0.4 is 5.73 Å². The molecule has 1 rings (SSSR count). The molecule has 0 aliphatic heterocycles. The monoisotopic (exact) mass is 328 g/mol. The molecule has 6 nitrogen and oxygen atoms in total. The van der Waals surface area contributed by atoms with Crippen molar-refractivity contribution in [3.8, 4) is 0 Å². The Morgan fingerprint density at radius 1 is 1.16 bits per heavy atom. The van der Waals surface area contributed by atoms with Crippen LogP contribution in [-0.4, -0.2) is 40.9 Å². The molecule has 19 heavy (non-hydrogen) atoms. The van der Waals surface area contributed by atoms with Crippen molar-refractivity contribution >= 4 is 33.7 Å². The lowest BCUT2D eigenvalue weighted by atomic mass is 10.1. The van der Waals surface area contributed by atoms with Crippen molar-refractivity contribution in [2.45, 2.75) is 6.42 Å². The first-order valence-corrected chi connectivity index (χ1v) is 6.20. The number of primary amides is 1. The van der Waals surface area contributed by atoms with Crippen molar-refractivity contribution in [2.24, 2.45) is 5.73 Å². The quantitative estimate of drug-likeness (QED) is 0.788. The van der Waals surface area contributed by atoms with E-state index in [1.165, 1.54) is 0 Å². The van der Waals surface area contributed by atoms with Crippen LogP contribution in [0.5, 0.6) is 0 Å². The van der Waals surface area contributed by atoms with Crippen molar-refractivity contribution in [3.63, 3.8) is 0 Å². The average Bonchev–Trinajstić information content (AvgIpc) is 2.30. The molecule has 0 aliphatic carbocycles. The van der Waals surface area contributed by atoms with Crippen molar-refractivity contribution in [3.05, 3.63) is 34.3 Å². The summed E-state index contributed by atoms with van der Waals surface area (Å²) >= 11 is 3.27. The van der Waals surface area contributed by atoms with Gasteiger partial charge in [-0.05, 0) is 17.7 Å². The van der Waals surface area contributed by atoms with Gasteiger partial charge in [-0.2, -0.15) is 0 Å². The van der Waals surface area contributed by atoms with Gasteiger partial charge in [0.25, 0.3) is 0 Å². The third kappa shape index (κ3) is 5.52. The molecular formula is C12H13BrN2O4. The predicted octanol–water partition coefficient (Wildman–Crippen LogP) is 0.390. The molecule has 0 radical (unpaired) electrons. The molecule has 2 amide bonds. The second-order valence-corrected chi connectivity index (χ2v) is 4.83. The van der Waals surface area contributed by atoms with Gasteiger partial charge in [0, 0.05) is 4.47 Å². The molecule has 0 fully saturated rings. The van der Waals surface area contributed by atoms with Gasteiger partial charge in [0.2, 0.25) is 11.8 Å². The zero-order valence-corrected chi connectivity index (χ0v) is 11.6. The third-order valence-corrected chi connectivity index (χ3v) is 2.82. The Bertz CT molecular complexity index is 471. The molecule has 0 aromatic heterocycles. The third-order valence-electron chi connectivity index (χ3n) is 2.29.